The van der Waals surface area contributed by atoms with E-state index in [1.165, 1.54) is 0 Å². The van der Waals surface area contributed by atoms with Gasteiger partial charge in [-0.15, -0.1) is 0 Å². The van der Waals surface area contributed by atoms with Crippen LogP contribution in [0.5, 0.6) is 5.75 Å². The molecule has 2 unspecified atom stereocenters. The summed E-state index contributed by atoms with van der Waals surface area (Å²) in [5.41, 5.74) is 0.890. The van der Waals surface area contributed by atoms with Crippen LogP contribution in [0, 0.1) is 22.6 Å². The second-order valence-electron chi connectivity index (χ2n) is 7.24. The van der Waals surface area contributed by atoms with Crippen molar-refractivity contribution in [3.8, 4) is 22.9 Å². The fourth-order valence-electron chi connectivity index (χ4n) is 3.45. The molecule has 3 rings (SSSR count). The van der Waals surface area contributed by atoms with E-state index in [2.05, 4.69) is 6.07 Å². The molecule has 1 aliphatic rings. The van der Waals surface area contributed by atoms with Crippen molar-refractivity contribution in [1.29, 1.82) is 5.26 Å². The molecule has 1 fully saturated rings. The lowest BCUT2D eigenvalue weighted by Crippen LogP contribution is -2.47. The zero-order valence-electron chi connectivity index (χ0n) is 14.8. The van der Waals surface area contributed by atoms with Gasteiger partial charge in [0, 0.05) is 36.1 Å². The van der Waals surface area contributed by atoms with Gasteiger partial charge in [0.2, 0.25) is 0 Å². The van der Waals surface area contributed by atoms with E-state index >= 15 is 0 Å². The number of benzene rings is 2. The first kappa shape index (κ1) is 18.3. The van der Waals surface area contributed by atoms with Crippen LogP contribution in [0.25, 0.3) is 11.1 Å². The van der Waals surface area contributed by atoms with E-state index in [4.69, 9.17) is 5.26 Å². The summed E-state index contributed by atoms with van der Waals surface area (Å²) in [4.78, 5) is 1.84. The van der Waals surface area contributed by atoms with Gasteiger partial charge in [-0.05, 0) is 18.5 Å². The van der Waals surface area contributed by atoms with E-state index in [1.54, 1.807) is 19.1 Å². The van der Waals surface area contributed by atoms with Crippen molar-refractivity contribution >= 4 is 0 Å². The second-order valence-corrected chi connectivity index (χ2v) is 7.24. The molecule has 1 saturated heterocycles. The number of phenolic OH excluding ortho intramolecular Hbond substituents is 1. The summed E-state index contributed by atoms with van der Waals surface area (Å²) in [5.74, 6) is -1.04. The second kappa shape index (κ2) is 7.43. The van der Waals surface area contributed by atoms with E-state index in [0.717, 1.165) is 5.56 Å². The SMILES string of the molecule is CC1(CC#N)CCN(Cc2ccc(-c3ccccc3)c(O)c2F)CC1F. The zero-order valence-corrected chi connectivity index (χ0v) is 14.8. The minimum Gasteiger partial charge on any atom is -0.504 e. The molecular weight excluding hydrogens is 334 g/mol. The van der Waals surface area contributed by atoms with Gasteiger partial charge in [-0.1, -0.05) is 49.4 Å². The fourth-order valence-corrected chi connectivity index (χ4v) is 3.45. The summed E-state index contributed by atoms with van der Waals surface area (Å²) in [6.45, 7) is 2.79. The lowest BCUT2D eigenvalue weighted by molar-refractivity contribution is 0.0182. The molecule has 1 aliphatic heterocycles. The lowest BCUT2D eigenvalue weighted by Gasteiger charge is -2.41. The minimum atomic E-state index is -1.13. The van der Waals surface area contributed by atoms with Gasteiger partial charge in [0.15, 0.2) is 11.6 Å². The van der Waals surface area contributed by atoms with Gasteiger partial charge in [-0.3, -0.25) is 4.90 Å². The van der Waals surface area contributed by atoms with Crippen molar-refractivity contribution in [2.45, 2.75) is 32.5 Å². The van der Waals surface area contributed by atoms with Gasteiger partial charge in [0.05, 0.1) is 6.07 Å². The van der Waals surface area contributed by atoms with Crippen molar-refractivity contribution < 1.29 is 13.9 Å². The average molecular weight is 356 g/mol. The summed E-state index contributed by atoms with van der Waals surface area (Å²) in [5, 5.41) is 19.1. The fraction of sp³-hybridized carbons (Fsp3) is 0.381. The highest BCUT2D eigenvalue weighted by Crippen LogP contribution is 2.38. The molecule has 0 spiro atoms. The molecule has 1 N–H and O–H groups in total. The Morgan fingerprint density at radius 2 is 2.00 bits per heavy atom. The molecule has 2 aromatic rings. The Morgan fingerprint density at radius 1 is 1.27 bits per heavy atom. The molecule has 2 aromatic carbocycles. The summed E-state index contributed by atoms with van der Waals surface area (Å²) in [7, 11) is 0. The first-order valence-electron chi connectivity index (χ1n) is 8.74. The largest absolute Gasteiger partial charge is 0.504 e. The van der Waals surface area contributed by atoms with E-state index < -0.39 is 17.4 Å². The predicted molar refractivity (Wildman–Crippen MR) is 96.6 cm³/mol. The Kier molecular flexibility index (Phi) is 5.24. The number of halogens is 2. The third-order valence-corrected chi connectivity index (χ3v) is 5.33. The third-order valence-electron chi connectivity index (χ3n) is 5.33. The number of hydrogen-bond acceptors (Lipinski definition) is 3. The van der Waals surface area contributed by atoms with Crippen LogP contribution in [-0.4, -0.2) is 29.3 Å². The van der Waals surface area contributed by atoms with E-state index in [9.17, 15) is 13.9 Å². The maximum Gasteiger partial charge on any atom is 0.169 e. The molecule has 0 aromatic heterocycles. The topological polar surface area (TPSA) is 47.3 Å². The van der Waals surface area contributed by atoms with Gasteiger partial charge in [-0.25, -0.2) is 8.78 Å². The molecule has 0 radical (unpaired) electrons. The van der Waals surface area contributed by atoms with Crippen LogP contribution in [0.2, 0.25) is 0 Å². The van der Waals surface area contributed by atoms with Crippen LogP contribution in [0.4, 0.5) is 8.78 Å². The van der Waals surface area contributed by atoms with Crippen LogP contribution >= 0.6 is 0 Å². The van der Waals surface area contributed by atoms with Crippen LogP contribution in [0.15, 0.2) is 42.5 Å². The van der Waals surface area contributed by atoms with Crippen molar-refractivity contribution in [3.63, 3.8) is 0 Å². The first-order chi connectivity index (χ1) is 12.4. The van der Waals surface area contributed by atoms with Crippen LogP contribution < -0.4 is 0 Å². The molecule has 0 saturated carbocycles. The maximum absolute atomic E-state index is 14.7. The lowest BCUT2D eigenvalue weighted by atomic mass is 9.76. The summed E-state index contributed by atoms with van der Waals surface area (Å²) in [6.07, 6.45) is -0.392. The molecule has 26 heavy (non-hydrogen) atoms. The van der Waals surface area contributed by atoms with E-state index in [-0.39, 0.29) is 25.3 Å². The summed E-state index contributed by atoms with van der Waals surface area (Å²) < 4.78 is 29.2. The Hall–Kier alpha value is -2.45. The highest BCUT2D eigenvalue weighted by molar-refractivity contribution is 5.70. The summed E-state index contributed by atoms with van der Waals surface area (Å²) >= 11 is 0. The van der Waals surface area contributed by atoms with E-state index in [1.807, 2.05) is 35.2 Å². The Balaban J connectivity index is 1.76. The number of phenols is 1. The molecule has 2 atom stereocenters. The molecule has 136 valence electrons. The molecule has 0 amide bonds. The number of likely N-dealkylation sites (tertiary alicyclic amines) is 1. The minimum absolute atomic E-state index is 0.165. The van der Waals surface area contributed by atoms with Gasteiger partial charge in [-0.2, -0.15) is 5.26 Å². The highest BCUT2D eigenvalue weighted by atomic mass is 19.1. The van der Waals surface area contributed by atoms with Gasteiger partial charge < -0.3 is 5.11 Å². The van der Waals surface area contributed by atoms with Gasteiger partial charge in [0.25, 0.3) is 0 Å². The van der Waals surface area contributed by atoms with E-state index in [0.29, 0.717) is 24.1 Å². The average Bonchev–Trinajstić information content (AvgIpc) is 2.63. The first-order valence-corrected chi connectivity index (χ1v) is 8.74. The Bertz CT molecular complexity index is 819. The number of nitriles is 1. The third kappa shape index (κ3) is 3.56. The number of rotatable bonds is 4. The number of hydrogen-bond donors (Lipinski definition) is 1. The molecule has 3 nitrogen and oxygen atoms in total. The molecule has 0 aliphatic carbocycles. The summed E-state index contributed by atoms with van der Waals surface area (Å²) in [6, 6.07) is 14.5. The van der Waals surface area contributed by atoms with Crippen molar-refractivity contribution in [2.24, 2.45) is 5.41 Å². The number of piperidine rings is 1. The maximum atomic E-state index is 14.7. The monoisotopic (exact) mass is 356 g/mol. The Morgan fingerprint density at radius 3 is 2.65 bits per heavy atom. The van der Waals surface area contributed by atoms with Crippen molar-refractivity contribution in [1.82, 2.24) is 4.90 Å². The van der Waals surface area contributed by atoms with Crippen LogP contribution in [-0.2, 0) is 6.54 Å². The smallest absolute Gasteiger partial charge is 0.169 e. The molecular formula is C21H22F2N2O. The number of aromatic hydroxyl groups is 1. The van der Waals surface area contributed by atoms with Crippen LogP contribution in [0.1, 0.15) is 25.3 Å². The highest BCUT2D eigenvalue weighted by Gasteiger charge is 2.39. The molecule has 0 bridgehead atoms. The standard InChI is InChI=1S/C21H22F2N2O/c1-21(9-11-24)10-12-25(14-18(21)22)13-16-7-8-17(20(26)19(16)23)15-5-3-2-4-6-15/h2-8,18,26H,9-10,12-14H2,1H3. The predicted octanol–water partition coefficient (Wildman–Crippen LogP) is 4.66. The molecule has 1 heterocycles. The normalized spacial score (nSPS) is 23.5. The van der Waals surface area contributed by atoms with Crippen LogP contribution in [0.3, 0.4) is 0 Å². The quantitative estimate of drug-likeness (QED) is 0.866. The van der Waals surface area contributed by atoms with Crippen molar-refractivity contribution in [3.05, 3.63) is 53.8 Å². The van der Waals surface area contributed by atoms with Gasteiger partial charge >= 0.3 is 0 Å². The number of alkyl halides is 1. The Labute approximate surface area is 152 Å². The van der Waals surface area contributed by atoms with Gasteiger partial charge in [0.1, 0.15) is 6.17 Å². The molecule has 5 heteroatoms. The van der Waals surface area contributed by atoms with Crippen molar-refractivity contribution in [2.75, 3.05) is 13.1 Å². The number of nitrogens with zero attached hydrogens (tertiary/aromatic N) is 2. The zero-order chi connectivity index (χ0) is 18.7.